The Morgan fingerprint density at radius 2 is 2.04 bits per heavy atom. The third kappa shape index (κ3) is 4.37. The van der Waals surface area contributed by atoms with Gasteiger partial charge in [-0.3, -0.25) is 4.57 Å². The molecule has 0 aliphatic rings. The minimum absolute atomic E-state index is 0.226. The largest absolute Gasteiger partial charge is 0.496 e. The van der Waals surface area contributed by atoms with E-state index < -0.39 is 0 Å². The Kier molecular flexibility index (Phi) is 6.38. The first-order valence-corrected chi connectivity index (χ1v) is 9.42. The molecule has 0 bridgehead atoms. The average molecular weight is 400 g/mol. The molecule has 146 valence electrons. The van der Waals surface area contributed by atoms with E-state index in [1.54, 1.807) is 30.0 Å². The summed E-state index contributed by atoms with van der Waals surface area (Å²) in [5, 5.41) is 4.76. The van der Waals surface area contributed by atoms with Gasteiger partial charge in [-0.2, -0.15) is 4.68 Å². The van der Waals surface area contributed by atoms with Crippen LogP contribution in [-0.4, -0.2) is 28.5 Å². The first-order valence-electron chi connectivity index (χ1n) is 9.01. The van der Waals surface area contributed by atoms with Gasteiger partial charge in [0.1, 0.15) is 18.1 Å². The molecule has 0 saturated carbocycles. The van der Waals surface area contributed by atoms with Crippen LogP contribution in [0.3, 0.4) is 0 Å². The number of ether oxygens (including phenoxy) is 1. The molecule has 3 rings (SSSR count). The molecule has 1 N–H and O–H groups in total. The van der Waals surface area contributed by atoms with E-state index in [0.29, 0.717) is 24.5 Å². The lowest BCUT2D eigenvalue weighted by atomic mass is 10.2. The maximum atomic E-state index is 13.4. The summed E-state index contributed by atoms with van der Waals surface area (Å²) in [6.45, 7) is 5.61. The normalized spacial score (nSPS) is 12.0. The van der Waals surface area contributed by atoms with Crippen molar-refractivity contribution in [2.75, 3.05) is 14.2 Å². The van der Waals surface area contributed by atoms with Gasteiger partial charge in [-0.05, 0) is 36.5 Å². The maximum Gasteiger partial charge on any atom is 0.203 e. The van der Waals surface area contributed by atoms with Crippen LogP contribution in [0.25, 0.3) is 11.4 Å². The van der Waals surface area contributed by atoms with Crippen LogP contribution < -0.4 is 9.64 Å². The number of nitrogens with one attached hydrogen (secondary N) is 1. The van der Waals surface area contributed by atoms with E-state index >= 15 is 0 Å². The zero-order valence-electron chi connectivity index (χ0n) is 16.1. The van der Waals surface area contributed by atoms with Crippen LogP contribution in [0.5, 0.6) is 5.75 Å². The van der Waals surface area contributed by atoms with Crippen molar-refractivity contribution in [1.82, 2.24) is 14.3 Å². The Balaban J connectivity index is 1.92. The highest BCUT2D eigenvalue weighted by Crippen LogP contribution is 2.28. The maximum absolute atomic E-state index is 13.4. The highest BCUT2D eigenvalue weighted by Gasteiger charge is 2.17. The predicted molar refractivity (Wildman–Crippen MR) is 110 cm³/mol. The predicted octanol–water partition coefficient (Wildman–Crippen LogP) is 3.09. The highest BCUT2D eigenvalue weighted by atomic mass is 32.1. The fourth-order valence-electron chi connectivity index (χ4n) is 3.17. The fourth-order valence-corrected chi connectivity index (χ4v) is 3.44. The number of nitrogens with zero attached hydrogens (tertiary/aromatic N) is 3. The smallest absolute Gasteiger partial charge is 0.203 e. The summed E-state index contributed by atoms with van der Waals surface area (Å²) >= 11 is 5.66. The van der Waals surface area contributed by atoms with Crippen molar-refractivity contribution >= 4 is 12.2 Å². The van der Waals surface area contributed by atoms with Gasteiger partial charge in [0.15, 0.2) is 12.5 Å². The van der Waals surface area contributed by atoms with Crippen molar-refractivity contribution < 1.29 is 14.0 Å². The second kappa shape index (κ2) is 8.95. The molecule has 2 aromatic carbocycles. The second-order valence-corrected chi connectivity index (χ2v) is 6.99. The van der Waals surface area contributed by atoms with Gasteiger partial charge in [0.2, 0.25) is 4.77 Å². The SMILES string of the molecule is C=CCn1c(-c2ccccc2OC)nn(C[NH+](C)Cc2cccc(F)c2)c1=S. The first-order chi connectivity index (χ1) is 13.5. The van der Waals surface area contributed by atoms with Gasteiger partial charge < -0.3 is 9.64 Å². The van der Waals surface area contributed by atoms with Crippen LogP contribution in [-0.2, 0) is 19.8 Å². The van der Waals surface area contributed by atoms with Gasteiger partial charge in [-0.1, -0.05) is 30.3 Å². The van der Waals surface area contributed by atoms with Gasteiger partial charge in [0.05, 0.1) is 19.7 Å². The van der Waals surface area contributed by atoms with Gasteiger partial charge in [-0.25, -0.2) is 4.39 Å². The second-order valence-electron chi connectivity index (χ2n) is 6.63. The molecule has 0 radical (unpaired) electrons. The molecule has 0 aliphatic carbocycles. The van der Waals surface area contributed by atoms with Crippen LogP contribution in [0.2, 0.25) is 0 Å². The van der Waals surface area contributed by atoms with Crippen molar-refractivity contribution in [2.24, 2.45) is 0 Å². The molecule has 0 fully saturated rings. The van der Waals surface area contributed by atoms with Gasteiger partial charge in [0.25, 0.3) is 0 Å². The van der Waals surface area contributed by atoms with Crippen LogP contribution in [0.1, 0.15) is 5.56 Å². The molecule has 1 heterocycles. The number of benzene rings is 2. The summed E-state index contributed by atoms with van der Waals surface area (Å²) < 4.78 is 23.3. The zero-order valence-corrected chi connectivity index (χ0v) is 16.9. The molecule has 28 heavy (non-hydrogen) atoms. The number of rotatable bonds is 8. The Labute approximate surface area is 169 Å². The number of quaternary nitrogens is 1. The molecule has 0 spiro atoms. The Morgan fingerprint density at radius 3 is 2.75 bits per heavy atom. The van der Waals surface area contributed by atoms with Crippen molar-refractivity contribution in [3.05, 3.63) is 77.3 Å². The van der Waals surface area contributed by atoms with E-state index in [1.165, 1.54) is 6.07 Å². The standard InChI is InChI=1S/C21H23FN4OS/c1-4-12-25-20(18-10-5-6-11-19(18)27-3)23-26(21(25)28)15-24(2)14-16-8-7-9-17(22)13-16/h4-11,13H,1,12,14-15H2,2-3H3/p+1. The lowest BCUT2D eigenvalue weighted by Crippen LogP contribution is -3.07. The number of para-hydroxylation sites is 1. The Morgan fingerprint density at radius 1 is 1.25 bits per heavy atom. The summed E-state index contributed by atoms with van der Waals surface area (Å²) in [4.78, 5) is 1.14. The number of hydrogen-bond acceptors (Lipinski definition) is 3. The minimum Gasteiger partial charge on any atom is -0.496 e. The molecule has 5 nitrogen and oxygen atoms in total. The van der Waals surface area contributed by atoms with E-state index in [-0.39, 0.29) is 5.82 Å². The number of hydrogen-bond donors (Lipinski definition) is 1. The lowest BCUT2D eigenvalue weighted by molar-refractivity contribution is -0.917. The van der Waals surface area contributed by atoms with Crippen molar-refractivity contribution in [2.45, 2.75) is 19.8 Å². The van der Waals surface area contributed by atoms with E-state index in [1.807, 2.05) is 41.9 Å². The van der Waals surface area contributed by atoms with E-state index in [9.17, 15) is 4.39 Å². The molecule has 7 heteroatoms. The number of aromatic nitrogens is 3. The quantitative estimate of drug-likeness (QED) is 0.467. The van der Waals surface area contributed by atoms with Crippen LogP contribution >= 0.6 is 12.2 Å². The number of methoxy groups -OCH3 is 1. The van der Waals surface area contributed by atoms with Crippen molar-refractivity contribution in [3.63, 3.8) is 0 Å². The number of allylic oxidation sites excluding steroid dienone is 1. The molecule has 0 saturated heterocycles. The number of halogens is 1. The minimum atomic E-state index is -0.226. The van der Waals surface area contributed by atoms with Crippen LogP contribution in [0.15, 0.2) is 61.2 Å². The third-order valence-corrected chi connectivity index (χ3v) is 4.83. The van der Waals surface area contributed by atoms with Crippen LogP contribution in [0.4, 0.5) is 4.39 Å². The topological polar surface area (TPSA) is 36.4 Å². The summed E-state index contributed by atoms with van der Waals surface area (Å²) in [5.41, 5.74) is 1.80. The Hall–Kier alpha value is -2.77. The Bertz CT molecular complexity index is 1030. The van der Waals surface area contributed by atoms with Crippen molar-refractivity contribution in [1.29, 1.82) is 0 Å². The van der Waals surface area contributed by atoms with Gasteiger partial charge in [0, 0.05) is 12.1 Å². The average Bonchev–Trinajstić information content (AvgIpc) is 2.98. The molecule has 3 aromatic rings. The molecular weight excluding hydrogens is 375 g/mol. The summed E-state index contributed by atoms with van der Waals surface area (Å²) in [7, 11) is 3.67. The van der Waals surface area contributed by atoms with E-state index in [0.717, 1.165) is 27.6 Å². The molecular formula is C21H24FN4OS+. The molecule has 1 atom stereocenters. The zero-order chi connectivity index (χ0) is 20.1. The van der Waals surface area contributed by atoms with Crippen molar-refractivity contribution in [3.8, 4) is 17.1 Å². The van der Waals surface area contributed by atoms with Gasteiger partial charge in [-0.15, -0.1) is 11.7 Å². The summed E-state index contributed by atoms with van der Waals surface area (Å²) in [6, 6.07) is 14.4. The molecule has 1 unspecified atom stereocenters. The highest BCUT2D eigenvalue weighted by molar-refractivity contribution is 7.71. The van der Waals surface area contributed by atoms with Crippen LogP contribution in [0, 0.1) is 10.6 Å². The molecule has 1 aromatic heterocycles. The summed E-state index contributed by atoms with van der Waals surface area (Å²) in [6.07, 6.45) is 1.80. The fraction of sp³-hybridized carbons (Fsp3) is 0.238. The first kappa shape index (κ1) is 20.0. The third-order valence-electron chi connectivity index (χ3n) is 4.40. The van der Waals surface area contributed by atoms with Gasteiger partial charge >= 0.3 is 0 Å². The van der Waals surface area contributed by atoms with E-state index in [2.05, 4.69) is 6.58 Å². The monoisotopic (exact) mass is 399 g/mol. The summed E-state index contributed by atoms with van der Waals surface area (Å²) in [5.74, 6) is 1.25. The van der Waals surface area contributed by atoms with E-state index in [4.69, 9.17) is 22.1 Å². The lowest BCUT2D eigenvalue weighted by Gasteiger charge is -2.13. The molecule has 0 amide bonds. The molecule has 0 aliphatic heterocycles.